The molecular formula is C52H62F2IN8O7S-. The van der Waals surface area contributed by atoms with Crippen LogP contribution in [0.3, 0.4) is 0 Å². The molecule has 3 aromatic heterocycles. The molecule has 0 radical (unpaired) electrons. The van der Waals surface area contributed by atoms with Crippen LogP contribution in [0.1, 0.15) is 88.6 Å². The molecule has 4 saturated heterocycles. The van der Waals surface area contributed by atoms with Crippen LogP contribution in [0.15, 0.2) is 54.1 Å². The van der Waals surface area contributed by atoms with Crippen molar-refractivity contribution in [2.75, 3.05) is 53.5 Å². The summed E-state index contributed by atoms with van der Waals surface area (Å²) in [4.78, 5) is 86.1. The number of aromatic nitrogens is 3. The number of urea groups is 1. The normalized spacial score (nSPS) is 26.3. The third-order valence-corrected chi connectivity index (χ3v) is 20.9. The van der Waals surface area contributed by atoms with Crippen molar-refractivity contribution >= 4 is 51.8 Å². The van der Waals surface area contributed by atoms with Gasteiger partial charge in [0.05, 0.1) is 0 Å². The van der Waals surface area contributed by atoms with E-state index in [2.05, 4.69) is 55.0 Å². The summed E-state index contributed by atoms with van der Waals surface area (Å²) in [5, 5.41) is 5.36. The number of likely N-dealkylation sites (tertiary alicyclic amines) is 2. The minimum absolute atomic E-state index is 0.0775. The van der Waals surface area contributed by atoms with Crippen molar-refractivity contribution in [1.29, 1.82) is 0 Å². The molecule has 5 aliphatic heterocycles. The number of piperidine rings is 1. The quantitative estimate of drug-likeness (QED) is 0.119. The number of allylic oxidation sites excluding steroid dienone is 1. The monoisotopic (exact) mass is 1110 g/mol. The Kier molecular flexibility index (Phi) is 13.2. The van der Waals surface area contributed by atoms with Crippen molar-refractivity contribution in [3.8, 4) is 22.5 Å². The number of rotatable bonds is 8. The number of carbonyl (C=O) groups excluding carboxylic acids is 5. The molecule has 4 fully saturated rings. The maximum absolute atomic E-state index is 15.2. The van der Waals surface area contributed by atoms with Gasteiger partial charge in [-0.15, -0.1) is 0 Å². The number of carbonyl (C=O) groups is 5. The molecule has 1 N–H and O–H groups in total. The van der Waals surface area contributed by atoms with E-state index in [0.717, 1.165) is 55.8 Å². The molecule has 6 atom stereocenters. The van der Waals surface area contributed by atoms with Crippen molar-refractivity contribution in [2.24, 2.45) is 16.7 Å². The number of benzene rings is 1. The number of hydrogen-bond acceptors (Lipinski definition) is 11. The number of hydrazine groups is 1. The van der Waals surface area contributed by atoms with Gasteiger partial charge in [0.2, 0.25) is 0 Å². The summed E-state index contributed by atoms with van der Waals surface area (Å²) < 4.78 is 38.6. The number of aryl methyl sites for hydroxylation is 1. The molecule has 8 heterocycles. The number of thiazole rings is 1. The third-order valence-electron chi connectivity index (χ3n) is 15.8. The fraction of sp³-hybridized carbons (Fsp3) is 0.558. The molecule has 2 spiro atoms. The first-order chi connectivity index (χ1) is 33.9. The van der Waals surface area contributed by atoms with Gasteiger partial charge in [0, 0.05) is 19.4 Å². The Morgan fingerprint density at radius 1 is 1.10 bits per heavy atom. The topological polar surface area (TPSA) is 160 Å². The zero-order valence-corrected chi connectivity index (χ0v) is 44.2. The Labute approximate surface area is 426 Å². The van der Waals surface area contributed by atoms with Crippen LogP contribution in [0.25, 0.3) is 33.4 Å². The molecular weight excluding hydrogens is 1050 g/mol. The van der Waals surface area contributed by atoms with Crippen LogP contribution in [0, 0.1) is 16.7 Å². The molecule has 0 saturated carbocycles. The molecule has 4 aromatic rings. The molecule has 1 aliphatic carbocycles. The van der Waals surface area contributed by atoms with Crippen LogP contribution in [0.2, 0.25) is 0 Å². The summed E-state index contributed by atoms with van der Waals surface area (Å²) >= 11 is 0.390. The molecule has 4 amide bonds. The number of methoxy groups -OCH3 is 1. The van der Waals surface area contributed by atoms with Crippen molar-refractivity contribution in [3.63, 3.8) is 0 Å². The van der Waals surface area contributed by atoms with Gasteiger partial charge in [-0.2, -0.15) is 0 Å². The van der Waals surface area contributed by atoms with Crippen molar-refractivity contribution in [3.05, 3.63) is 70.3 Å². The van der Waals surface area contributed by atoms with Gasteiger partial charge in [-0.25, -0.2) is 8.78 Å². The molecule has 71 heavy (non-hydrogen) atoms. The van der Waals surface area contributed by atoms with Gasteiger partial charge >= 0.3 is 373 Å². The van der Waals surface area contributed by atoms with E-state index >= 15 is 9.59 Å². The van der Waals surface area contributed by atoms with Gasteiger partial charge in [-0.3, -0.25) is 9.78 Å². The summed E-state index contributed by atoms with van der Waals surface area (Å²) in [5.74, 6) is -1.79. The molecule has 10 rings (SSSR count). The number of cyclic esters (lactones) is 1. The predicted octanol–water partition coefficient (Wildman–Crippen LogP) is 3.85. The summed E-state index contributed by atoms with van der Waals surface area (Å²) in [5.41, 5.74) is 9.21. The van der Waals surface area contributed by atoms with Gasteiger partial charge in [0.1, 0.15) is 0 Å². The number of ketones is 1. The second kappa shape index (κ2) is 18.9. The number of nitrogens with one attached hydrogen (secondary N) is 1. The fourth-order valence-electron chi connectivity index (χ4n) is 12.1. The van der Waals surface area contributed by atoms with Gasteiger partial charge in [-0.1, -0.05) is 0 Å². The Morgan fingerprint density at radius 2 is 1.86 bits per heavy atom. The van der Waals surface area contributed by atoms with E-state index in [4.69, 9.17) is 19.4 Å². The number of esters is 1. The number of halogens is 3. The first-order valence-corrected chi connectivity index (χ1v) is 27.9. The Balaban J connectivity index is 0.954. The van der Waals surface area contributed by atoms with Gasteiger partial charge in [0.15, 0.2) is 0 Å². The first kappa shape index (κ1) is 49.7. The van der Waals surface area contributed by atoms with Crippen LogP contribution in [-0.4, -0.2) is 143 Å². The van der Waals surface area contributed by atoms with Gasteiger partial charge < -0.3 is 0 Å². The number of fused-ring (bicyclic) bond motifs is 8. The average molecular weight is 1110 g/mol. The van der Waals surface area contributed by atoms with E-state index in [-0.39, 0.29) is 48.0 Å². The van der Waals surface area contributed by atoms with Crippen LogP contribution in [0.4, 0.5) is 13.6 Å². The standard InChI is InChI=1S/C52H62F2IN8O7S/c1-8-62-35-14-13-30-23-32(35)39-40(45(69-7)41-31(43(39)62)11-9-19-56-41)50(4,5)28-70-47(66)33-12-10-20-63(58-33)48(67)52(24-37-57-34(30)25-71-37)46(55-52)44(65)42(29(2)3)59(6)49(68)60-21-17-51(18-22-60)26-61(27-51)38(64)16-15-36(53)54/h9,11,13-16,19,23,25,29,33,36,40,42,45-46,58H,8,10,12,17-18,20-22,24,26-28H2,1-7H3/q-1/b16-15+/t33-,40?,42-,45-,46?,52?/m0/s1. The number of ether oxygens (including phenoxy) is 2. The van der Waals surface area contributed by atoms with Crippen LogP contribution in [-0.2, 0) is 41.6 Å². The molecule has 19 heteroatoms. The zero-order chi connectivity index (χ0) is 50.3. The SMILES string of the molecule is CCn1c2c3c4cc(ccc41)-c1csc(n1)CC1([I-]C1C(=O)[C@H](C(C)C)N(C)C(=O)N1CCC4(CC1)CN(C(=O)/C=C/C(F)F)C4)C(=O)N1CCC[C@H](N1)C(=O)OCC(C)(C)C3[C@H](OC)c1ncccc1-2. The number of Topliss-reactive ketones (excluding diaryl/α,β-unsaturated/α-hetero) is 1. The van der Waals surface area contributed by atoms with E-state index in [0.29, 0.717) is 71.0 Å². The summed E-state index contributed by atoms with van der Waals surface area (Å²) in [6.45, 7) is 13.1. The summed E-state index contributed by atoms with van der Waals surface area (Å²) in [6, 6.07) is 8.64. The van der Waals surface area contributed by atoms with Crippen LogP contribution in [0.5, 0.6) is 0 Å². The number of hydrogen-bond donors (Lipinski definition) is 1. The second-order valence-corrected chi connectivity index (χ2v) is 25.9. The van der Waals surface area contributed by atoms with E-state index < -0.39 is 70.5 Å². The van der Waals surface area contributed by atoms with Crippen LogP contribution >= 0.6 is 11.3 Å². The molecule has 380 valence electrons. The molecule has 1 aromatic carbocycles. The number of alkyl halides is 4. The van der Waals surface area contributed by atoms with E-state index in [1.54, 1.807) is 40.1 Å². The maximum atomic E-state index is 15.2. The number of pyridine rings is 1. The zero-order valence-electron chi connectivity index (χ0n) is 41.3. The molecule has 15 nitrogen and oxygen atoms in total. The second-order valence-electron chi connectivity index (χ2n) is 21.2. The molecule has 3 unspecified atom stereocenters. The fourth-order valence-corrected chi connectivity index (χ4v) is 16.8. The van der Waals surface area contributed by atoms with Crippen LogP contribution < -0.4 is 26.6 Å². The number of likely N-dealkylation sites (N-methyl/N-ethyl adjacent to an activating group) is 1. The van der Waals surface area contributed by atoms with Crippen molar-refractivity contribution < 1.29 is 63.4 Å². The Morgan fingerprint density at radius 3 is 2.56 bits per heavy atom. The Bertz CT molecular complexity index is 2820. The molecule has 6 bridgehead atoms. The van der Waals surface area contributed by atoms with E-state index in [1.807, 2.05) is 25.3 Å². The number of amides is 4. The van der Waals surface area contributed by atoms with Gasteiger partial charge in [-0.05, 0) is 12.1 Å². The molecule has 6 aliphatic rings. The van der Waals surface area contributed by atoms with E-state index in [1.165, 1.54) is 11.3 Å². The third kappa shape index (κ3) is 8.66. The summed E-state index contributed by atoms with van der Waals surface area (Å²) in [7, 11) is 3.38. The first-order valence-electron chi connectivity index (χ1n) is 24.7. The van der Waals surface area contributed by atoms with Crippen molar-refractivity contribution in [2.45, 2.75) is 111 Å². The summed E-state index contributed by atoms with van der Waals surface area (Å²) in [6.07, 6.45) is 2.76. The average Bonchev–Trinajstić information content (AvgIpc) is 3.72. The van der Waals surface area contributed by atoms with Gasteiger partial charge in [0.25, 0.3) is 6.43 Å². The predicted molar refractivity (Wildman–Crippen MR) is 259 cm³/mol. The van der Waals surface area contributed by atoms with E-state index in [9.17, 15) is 23.2 Å². The number of nitrogens with zero attached hydrogens (tertiary/aromatic N) is 7. The Hall–Kier alpha value is -4.86. The van der Waals surface area contributed by atoms with Crippen molar-refractivity contribution in [1.82, 2.24) is 39.7 Å². The minimum atomic E-state index is -2.69.